The van der Waals surface area contributed by atoms with Crippen LogP contribution in [0, 0.1) is 0 Å². The predicted octanol–water partition coefficient (Wildman–Crippen LogP) is 4.50. The van der Waals surface area contributed by atoms with Gasteiger partial charge < -0.3 is 19.8 Å². The number of amides is 1. The van der Waals surface area contributed by atoms with E-state index in [2.05, 4.69) is 15.3 Å². The molecular formula is C22H19N3O3. The smallest absolute Gasteiger partial charge is 0.255 e. The number of anilines is 1. The Hall–Kier alpha value is -3.80. The van der Waals surface area contributed by atoms with E-state index in [0.717, 1.165) is 33.7 Å². The molecule has 0 fully saturated rings. The van der Waals surface area contributed by atoms with E-state index in [1.807, 2.05) is 48.5 Å². The molecule has 0 unspecified atom stereocenters. The highest BCUT2D eigenvalue weighted by Crippen LogP contribution is 2.33. The summed E-state index contributed by atoms with van der Waals surface area (Å²) >= 11 is 0. The monoisotopic (exact) mass is 373 g/mol. The minimum atomic E-state index is -0.192. The summed E-state index contributed by atoms with van der Waals surface area (Å²) in [5.41, 5.74) is 4.73. The second kappa shape index (κ2) is 7.44. The molecule has 0 saturated carbocycles. The fourth-order valence-corrected chi connectivity index (χ4v) is 3.06. The third kappa shape index (κ3) is 3.40. The van der Waals surface area contributed by atoms with Crippen LogP contribution in [0.5, 0.6) is 11.5 Å². The van der Waals surface area contributed by atoms with Gasteiger partial charge >= 0.3 is 0 Å². The highest BCUT2D eigenvalue weighted by atomic mass is 16.5. The molecule has 0 bridgehead atoms. The average Bonchev–Trinajstić information content (AvgIpc) is 3.21. The number of benzene rings is 3. The number of aromatic amines is 1. The number of nitrogens with one attached hydrogen (secondary N) is 2. The number of hydrogen-bond acceptors (Lipinski definition) is 4. The van der Waals surface area contributed by atoms with Crippen LogP contribution >= 0.6 is 0 Å². The fourth-order valence-electron chi connectivity index (χ4n) is 3.06. The number of nitrogens with zero attached hydrogens (tertiary/aromatic N) is 1. The van der Waals surface area contributed by atoms with Gasteiger partial charge in [-0.15, -0.1) is 0 Å². The van der Waals surface area contributed by atoms with E-state index >= 15 is 0 Å². The fraction of sp³-hybridized carbons (Fsp3) is 0.0909. The van der Waals surface area contributed by atoms with Crippen LogP contribution < -0.4 is 14.8 Å². The summed E-state index contributed by atoms with van der Waals surface area (Å²) in [6.07, 6.45) is 1.61. The van der Waals surface area contributed by atoms with E-state index in [1.165, 1.54) is 0 Å². The van der Waals surface area contributed by atoms with Crippen LogP contribution in [-0.4, -0.2) is 30.1 Å². The molecule has 0 radical (unpaired) electrons. The normalized spacial score (nSPS) is 10.6. The first-order chi connectivity index (χ1) is 13.7. The highest BCUT2D eigenvalue weighted by molar-refractivity contribution is 6.06. The van der Waals surface area contributed by atoms with Crippen molar-refractivity contribution in [2.45, 2.75) is 0 Å². The number of aromatic nitrogens is 2. The molecule has 0 spiro atoms. The molecule has 140 valence electrons. The van der Waals surface area contributed by atoms with Gasteiger partial charge in [0.1, 0.15) is 11.5 Å². The third-order valence-electron chi connectivity index (χ3n) is 4.54. The van der Waals surface area contributed by atoms with Crippen LogP contribution in [-0.2, 0) is 0 Å². The Balaban J connectivity index is 1.63. The number of rotatable bonds is 5. The van der Waals surface area contributed by atoms with Gasteiger partial charge in [0.05, 0.1) is 31.6 Å². The second-order valence-electron chi connectivity index (χ2n) is 6.23. The number of imidazole rings is 1. The molecule has 3 aromatic carbocycles. The molecule has 4 rings (SSSR count). The van der Waals surface area contributed by atoms with Crippen molar-refractivity contribution >= 4 is 22.6 Å². The Morgan fingerprint density at radius 2 is 1.79 bits per heavy atom. The van der Waals surface area contributed by atoms with Crippen LogP contribution in [0.2, 0.25) is 0 Å². The standard InChI is InChI=1S/C22H19N3O3/c1-27-17-7-3-14(4-8-17)18-12-16(6-10-21(18)28-2)25-22(26)15-5-9-19-20(11-15)24-13-23-19/h3-13H,1-2H3,(H,23,24)(H,25,26). The number of hydrogen-bond donors (Lipinski definition) is 2. The van der Waals surface area contributed by atoms with E-state index in [-0.39, 0.29) is 5.91 Å². The van der Waals surface area contributed by atoms with Crippen molar-refractivity contribution < 1.29 is 14.3 Å². The molecule has 0 atom stereocenters. The summed E-state index contributed by atoms with van der Waals surface area (Å²) in [6, 6.07) is 18.6. The molecule has 1 heterocycles. The van der Waals surface area contributed by atoms with Gasteiger partial charge in [0.25, 0.3) is 5.91 Å². The van der Waals surface area contributed by atoms with Crippen LogP contribution in [0.3, 0.4) is 0 Å². The van der Waals surface area contributed by atoms with Gasteiger partial charge in [-0.3, -0.25) is 4.79 Å². The van der Waals surface area contributed by atoms with Crippen molar-refractivity contribution in [3.63, 3.8) is 0 Å². The third-order valence-corrected chi connectivity index (χ3v) is 4.54. The van der Waals surface area contributed by atoms with Crippen molar-refractivity contribution in [3.05, 3.63) is 72.6 Å². The molecule has 0 aliphatic heterocycles. The molecule has 6 heteroatoms. The highest BCUT2D eigenvalue weighted by Gasteiger charge is 2.11. The first-order valence-corrected chi connectivity index (χ1v) is 8.75. The summed E-state index contributed by atoms with van der Waals surface area (Å²) in [6.45, 7) is 0. The zero-order valence-corrected chi connectivity index (χ0v) is 15.5. The topological polar surface area (TPSA) is 76.2 Å². The van der Waals surface area contributed by atoms with Gasteiger partial charge in [-0.2, -0.15) is 0 Å². The van der Waals surface area contributed by atoms with E-state index in [4.69, 9.17) is 9.47 Å². The molecular weight excluding hydrogens is 354 g/mol. The summed E-state index contributed by atoms with van der Waals surface area (Å²) in [5, 5.41) is 2.95. The Bertz CT molecular complexity index is 1130. The molecule has 6 nitrogen and oxygen atoms in total. The van der Waals surface area contributed by atoms with Crippen LogP contribution in [0.1, 0.15) is 10.4 Å². The number of fused-ring (bicyclic) bond motifs is 1. The number of H-pyrrole nitrogens is 1. The average molecular weight is 373 g/mol. The Morgan fingerprint density at radius 3 is 2.54 bits per heavy atom. The molecule has 28 heavy (non-hydrogen) atoms. The first kappa shape index (κ1) is 17.6. The van der Waals surface area contributed by atoms with Gasteiger partial charge in [-0.1, -0.05) is 12.1 Å². The van der Waals surface area contributed by atoms with Crippen LogP contribution in [0.15, 0.2) is 67.0 Å². The van der Waals surface area contributed by atoms with Gasteiger partial charge in [0.2, 0.25) is 0 Å². The molecule has 1 amide bonds. The lowest BCUT2D eigenvalue weighted by molar-refractivity contribution is 0.102. The lowest BCUT2D eigenvalue weighted by Gasteiger charge is -2.12. The first-order valence-electron chi connectivity index (χ1n) is 8.75. The minimum Gasteiger partial charge on any atom is -0.497 e. The largest absolute Gasteiger partial charge is 0.497 e. The van der Waals surface area contributed by atoms with Crippen molar-refractivity contribution in [1.82, 2.24) is 9.97 Å². The lowest BCUT2D eigenvalue weighted by atomic mass is 10.0. The molecule has 4 aromatic rings. The summed E-state index contributed by atoms with van der Waals surface area (Å²) in [4.78, 5) is 19.9. The molecule has 1 aromatic heterocycles. The number of methoxy groups -OCH3 is 2. The number of carbonyl (C=O) groups excluding carboxylic acids is 1. The quantitative estimate of drug-likeness (QED) is 0.540. The Labute approximate surface area is 162 Å². The molecule has 0 saturated heterocycles. The minimum absolute atomic E-state index is 0.192. The summed E-state index contributed by atoms with van der Waals surface area (Å²) in [7, 11) is 3.26. The number of ether oxygens (including phenoxy) is 2. The molecule has 0 aliphatic rings. The van der Waals surface area contributed by atoms with Crippen LogP contribution in [0.4, 0.5) is 5.69 Å². The van der Waals surface area contributed by atoms with Crippen LogP contribution in [0.25, 0.3) is 22.2 Å². The maximum Gasteiger partial charge on any atom is 0.255 e. The van der Waals surface area contributed by atoms with Crippen molar-refractivity contribution in [2.24, 2.45) is 0 Å². The lowest BCUT2D eigenvalue weighted by Crippen LogP contribution is -2.11. The maximum absolute atomic E-state index is 12.7. The van der Waals surface area contributed by atoms with Crippen molar-refractivity contribution in [3.8, 4) is 22.6 Å². The van der Waals surface area contributed by atoms with Crippen molar-refractivity contribution in [2.75, 3.05) is 19.5 Å². The molecule has 2 N–H and O–H groups in total. The SMILES string of the molecule is COc1ccc(-c2cc(NC(=O)c3ccc4nc[nH]c4c3)ccc2OC)cc1. The number of carbonyl (C=O) groups is 1. The second-order valence-corrected chi connectivity index (χ2v) is 6.23. The van der Waals surface area contributed by atoms with E-state index < -0.39 is 0 Å². The van der Waals surface area contributed by atoms with Gasteiger partial charge in [-0.25, -0.2) is 4.98 Å². The van der Waals surface area contributed by atoms with Gasteiger partial charge in [0, 0.05) is 16.8 Å². The van der Waals surface area contributed by atoms with E-state index in [1.54, 1.807) is 32.7 Å². The van der Waals surface area contributed by atoms with Gasteiger partial charge in [0.15, 0.2) is 0 Å². The maximum atomic E-state index is 12.7. The molecule has 0 aliphatic carbocycles. The summed E-state index contributed by atoms with van der Waals surface area (Å²) < 4.78 is 10.7. The van der Waals surface area contributed by atoms with E-state index in [0.29, 0.717) is 11.3 Å². The van der Waals surface area contributed by atoms with E-state index in [9.17, 15) is 4.79 Å². The van der Waals surface area contributed by atoms with Crippen molar-refractivity contribution in [1.29, 1.82) is 0 Å². The Morgan fingerprint density at radius 1 is 0.964 bits per heavy atom. The zero-order valence-electron chi connectivity index (χ0n) is 15.5. The summed E-state index contributed by atoms with van der Waals surface area (Å²) in [5.74, 6) is 1.31. The van der Waals surface area contributed by atoms with Gasteiger partial charge in [-0.05, 0) is 54.1 Å². The Kier molecular flexibility index (Phi) is 4.68. The zero-order chi connectivity index (χ0) is 19.5. The predicted molar refractivity (Wildman–Crippen MR) is 109 cm³/mol.